The van der Waals surface area contributed by atoms with Gasteiger partial charge in [-0.3, -0.25) is 0 Å². The summed E-state index contributed by atoms with van der Waals surface area (Å²) in [6.07, 6.45) is 1.16. The molecule has 20 heavy (non-hydrogen) atoms. The van der Waals surface area contributed by atoms with Gasteiger partial charge in [-0.25, -0.2) is 9.97 Å². The molecule has 1 aromatic rings. The Hall–Kier alpha value is -1.40. The third-order valence-electron chi connectivity index (χ3n) is 3.18. The second-order valence-corrected chi connectivity index (χ2v) is 4.97. The Balaban J connectivity index is 2.00. The Bertz CT molecular complexity index is 433. The van der Waals surface area contributed by atoms with Crippen molar-refractivity contribution in [3.05, 3.63) is 11.4 Å². The van der Waals surface area contributed by atoms with Crippen LogP contribution in [0.15, 0.2) is 0 Å². The molecule has 1 unspecified atom stereocenters. The summed E-state index contributed by atoms with van der Waals surface area (Å²) in [6.45, 7) is 9.67. The average Bonchev–Trinajstić information content (AvgIpc) is 2.47. The van der Waals surface area contributed by atoms with Gasteiger partial charge < -0.3 is 20.1 Å². The highest BCUT2D eigenvalue weighted by Crippen LogP contribution is 2.20. The predicted octanol–water partition coefficient (Wildman–Crippen LogP) is 1.74. The Kier molecular flexibility index (Phi) is 5.55. The van der Waals surface area contributed by atoms with E-state index >= 15 is 0 Å². The zero-order valence-corrected chi connectivity index (χ0v) is 12.5. The molecule has 112 valence electrons. The van der Waals surface area contributed by atoms with E-state index in [9.17, 15) is 0 Å². The maximum atomic E-state index is 5.62. The first-order chi connectivity index (χ1) is 9.70. The molecule has 1 saturated heterocycles. The van der Waals surface area contributed by atoms with Gasteiger partial charge in [0.2, 0.25) is 0 Å². The molecule has 1 aliphatic rings. The number of nitrogens with one attached hydrogen (secondary N) is 2. The van der Waals surface area contributed by atoms with Crippen LogP contribution in [0.3, 0.4) is 0 Å². The molecule has 0 amide bonds. The van der Waals surface area contributed by atoms with Gasteiger partial charge in [-0.15, -0.1) is 0 Å². The molecule has 1 aromatic heterocycles. The van der Waals surface area contributed by atoms with Crippen molar-refractivity contribution >= 4 is 11.6 Å². The van der Waals surface area contributed by atoms with Crippen LogP contribution in [-0.2, 0) is 9.47 Å². The standard InChI is InChI=1S/C14H24N4O2/c1-4-5-15-13-10(2)14(18-11(3)17-13)16-8-12-9-19-6-7-20-12/h12H,4-9H2,1-3H3,(H2,15,16,17,18). The van der Waals surface area contributed by atoms with Crippen LogP contribution in [0.1, 0.15) is 24.7 Å². The minimum absolute atomic E-state index is 0.0884. The number of hydrogen-bond donors (Lipinski definition) is 2. The summed E-state index contributed by atoms with van der Waals surface area (Å²) < 4.78 is 11.0. The molecule has 0 saturated carbocycles. The maximum absolute atomic E-state index is 5.62. The highest BCUT2D eigenvalue weighted by Gasteiger charge is 2.15. The fourth-order valence-electron chi connectivity index (χ4n) is 2.08. The van der Waals surface area contributed by atoms with E-state index in [0.29, 0.717) is 26.4 Å². The van der Waals surface area contributed by atoms with E-state index in [-0.39, 0.29) is 6.10 Å². The number of rotatable bonds is 6. The van der Waals surface area contributed by atoms with Crippen LogP contribution in [0, 0.1) is 13.8 Å². The summed E-state index contributed by atoms with van der Waals surface area (Å²) >= 11 is 0. The van der Waals surface area contributed by atoms with Crippen molar-refractivity contribution in [1.82, 2.24) is 9.97 Å². The first-order valence-electron chi connectivity index (χ1n) is 7.23. The SMILES string of the molecule is CCCNc1nc(C)nc(NCC2COCCO2)c1C. The Morgan fingerprint density at radius 3 is 2.55 bits per heavy atom. The second kappa shape index (κ2) is 7.40. The first-order valence-corrected chi connectivity index (χ1v) is 7.23. The van der Waals surface area contributed by atoms with Gasteiger partial charge in [0.1, 0.15) is 17.5 Å². The van der Waals surface area contributed by atoms with Crippen LogP contribution in [0.5, 0.6) is 0 Å². The molecule has 0 bridgehead atoms. The molecule has 0 aliphatic carbocycles. The smallest absolute Gasteiger partial charge is 0.134 e. The molecule has 0 aromatic carbocycles. The van der Waals surface area contributed by atoms with Crippen molar-refractivity contribution in [2.75, 3.05) is 43.5 Å². The van der Waals surface area contributed by atoms with E-state index in [1.54, 1.807) is 0 Å². The summed E-state index contributed by atoms with van der Waals surface area (Å²) in [7, 11) is 0. The number of ether oxygens (including phenoxy) is 2. The van der Waals surface area contributed by atoms with Crippen LogP contribution in [0.2, 0.25) is 0 Å². The van der Waals surface area contributed by atoms with Crippen LogP contribution in [-0.4, -0.2) is 49.0 Å². The minimum Gasteiger partial charge on any atom is -0.376 e. The van der Waals surface area contributed by atoms with E-state index in [1.165, 1.54) is 0 Å². The lowest BCUT2D eigenvalue weighted by molar-refractivity contribution is -0.0819. The van der Waals surface area contributed by atoms with Gasteiger partial charge in [0.15, 0.2) is 0 Å². The lowest BCUT2D eigenvalue weighted by Crippen LogP contribution is -2.34. The van der Waals surface area contributed by atoms with Crippen molar-refractivity contribution in [3.63, 3.8) is 0 Å². The Morgan fingerprint density at radius 2 is 1.90 bits per heavy atom. The third-order valence-corrected chi connectivity index (χ3v) is 3.18. The van der Waals surface area contributed by atoms with E-state index in [4.69, 9.17) is 9.47 Å². The second-order valence-electron chi connectivity index (χ2n) is 4.97. The van der Waals surface area contributed by atoms with Crippen molar-refractivity contribution in [2.45, 2.75) is 33.3 Å². The summed E-state index contributed by atoms with van der Waals surface area (Å²) in [5.74, 6) is 2.53. The molecule has 2 rings (SSSR count). The number of nitrogens with zero attached hydrogens (tertiary/aromatic N) is 2. The van der Waals surface area contributed by atoms with Crippen molar-refractivity contribution in [3.8, 4) is 0 Å². The molecular formula is C14H24N4O2. The van der Waals surface area contributed by atoms with E-state index in [1.807, 2.05) is 13.8 Å². The monoisotopic (exact) mass is 280 g/mol. The zero-order valence-electron chi connectivity index (χ0n) is 12.5. The summed E-state index contributed by atoms with van der Waals surface area (Å²) in [6, 6.07) is 0. The molecule has 0 spiro atoms. The van der Waals surface area contributed by atoms with Crippen molar-refractivity contribution in [1.29, 1.82) is 0 Å². The summed E-state index contributed by atoms with van der Waals surface area (Å²) in [5.41, 5.74) is 1.04. The number of hydrogen-bond acceptors (Lipinski definition) is 6. The fourth-order valence-corrected chi connectivity index (χ4v) is 2.08. The quantitative estimate of drug-likeness (QED) is 0.827. The normalized spacial score (nSPS) is 18.9. The fraction of sp³-hybridized carbons (Fsp3) is 0.714. The maximum Gasteiger partial charge on any atom is 0.134 e. The summed E-state index contributed by atoms with van der Waals surface area (Å²) in [4.78, 5) is 8.91. The van der Waals surface area contributed by atoms with Crippen molar-refractivity contribution in [2.24, 2.45) is 0 Å². The lowest BCUT2D eigenvalue weighted by atomic mass is 10.2. The topological polar surface area (TPSA) is 68.3 Å². The third kappa shape index (κ3) is 4.05. The van der Waals surface area contributed by atoms with Crippen LogP contribution < -0.4 is 10.6 Å². The Labute approximate surface area is 120 Å². The van der Waals surface area contributed by atoms with E-state index in [0.717, 1.165) is 36.0 Å². The molecule has 2 heterocycles. The first kappa shape index (κ1) is 15.0. The molecule has 2 N–H and O–H groups in total. The van der Waals surface area contributed by atoms with Gasteiger partial charge in [0, 0.05) is 18.7 Å². The molecule has 6 heteroatoms. The molecule has 6 nitrogen and oxygen atoms in total. The number of aryl methyl sites for hydroxylation is 1. The van der Waals surface area contributed by atoms with Gasteiger partial charge in [0.25, 0.3) is 0 Å². The number of anilines is 2. The highest BCUT2D eigenvalue weighted by molar-refractivity contribution is 5.57. The van der Waals surface area contributed by atoms with Crippen molar-refractivity contribution < 1.29 is 9.47 Å². The number of aromatic nitrogens is 2. The minimum atomic E-state index is 0.0884. The van der Waals surface area contributed by atoms with Gasteiger partial charge in [0.05, 0.1) is 25.9 Å². The van der Waals surface area contributed by atoms with Crippen LogP contribution in [0.25, 0.3) is 0 Å². The molecule has 1 aliphatic heterocycles. The van der Waals surface area contributed by atoms with E-state index < -0.39 is 0 Å². The van der Waals surface area contributed by atoms with Gasteiger partial charge in [-0.05, 0) is 20.3 Å². The van der Waals surface area contributed by atoms with Crippen LogP contribution in [0.4, 0.5) is 11.6 Å². The summed E-state index contributed by atoms with van der Waals surface area (Å²) in [5, 5.41) is 6.68. The lowest BCUT2D eigenvalue weighted by Gasteiger charge is -2.24. The molecule has 1 atom stereocenters. The largest absolute Gasteiger partial charge is 0.376 e. The Morgan fingerprint density at radius 1 is 1.15 bits per heavy atom. The van der Waals surface area contributed by atoms with Crippen LogP contribution >= 0.6 is 0 Å². The average molecular weight is 280 g/mol. The van der Waals surface area contributed by atoms with Gasteiger partial charge >= 0.3 is 0 Å². The van der Waals surface area contributed by atoms with Gasteiger partial charge in [-0.1, -0.05) is 6.92 Å². The molecule has 1 fully saturated rings. The highest BCUT2D eigenvalue weighted by atomic mass is 16.6. The zero-order chi connectivity index (χ0) is 14.4. The molecule has 0 radical (unpaired) electrons. The predicted molar refractivity (Wildman–Crippen MR) is 79.3 cm³/mol. The molecular weight excluding hydrogens is 256 g/mol. The van der Waals surface area contributed by atoms with Gasteiger partial charge in [-0.2, -0.15) is 0 Å². The van der Waals surface area contributed by atoms with E-state index in [2.05, 4.69) is 27.5 Å².